The summed E-state index contributed by atoms with van der Waals surface area (Å²) in [6, 6.07) is 5.30. The van der Waals surface area contributed by atoms with Gasteiger partial charge in [0.1, 0.15) is 5.75 Å². The molecule has 0 fully saturated rings. The SMILES string of the molecule is CNC(=O)C(C)Oc1ccc(Cl)cc1C. The van der Waals surface area contributed by atoms with Crippen molar-refractivity contribution < 1.29 is 9.53 Å². The molecule has 0 saturated carbocycles. The molecule has 0 aliphatic rings. The van der Waals surface area contributed by atoms with Gasteiger partial charge in [-0.2, -0.15) is 0 Å². The molecule has 1 aromatic carbocycles. The lowest BCUT2D eigenvalue weighted by Crippen LogP contribution is -2.33. The predicted octanol–water partition coefficient (Wildman–Crippen LogP) is 2.16. The first kappa shape index (κ1) is 11.9. The minimum absolute atomic E-state index is 0.149. The van der Waals surface area contributed by atoms with Gasteiger partial charge in [0.25, 0.3) is 5.91 Å². The van der Waals surface area contributed by atoms with Gasteiger partial charge in [0.05, 0.1) is 0 Å². The van der Waals surface area contributed by atoms with Gasteiger partial charge in [-0.15, -0.1) is 0 Å². The van der Waals surface area contributed by atoms with Crippen molar-refractivity contribution in [2.24, 2.45) is 0 Å². The van der Waals surface area contributed by atoms with Crippen LogP contribution in [0.15, 0.2) is 18.2 Å². The van der Waals surface area contributed by atoms with E-state index in [1.54, 1.807) is 32.2 Å². The third kappa shape index (κ3) is 3.13. The van der Waals surface area contributed by atoms with Crippen molar-refractivity contribution >= 4 is 17.5 Å². The number of benzene rings is 1. The second-order valence-corrected chi connectivity index (χ2v) is 3.72. The molecule has 0 aromatic heterocycles. The van der Waals surface area contributed by atoms with E-state index in [-0.39, 0.29) is 5.91 Å². The highest BCUT2D eigenvalue weighted by Gasteiger charge is 2.13. The molecule has 0 bridgehead atoms. The highest BCUT2D eigenvalue weighted by molar-refractivity contribution is 6.30. The molecule has 1 amide bonds. The maximum atomic E-state index is 11.2. The molecule has 4 heteroatoms. The average molecular weight is 228 g/mol. The molecule has 1 unspecified atom stereocenters. The molecule has 1 N–H and O–H groups in total. The number of likely N-dealkylation sites (N-methyl/N-ethyl adjacent to an activating group) is 1. The number of halogens is 1. The van der Waals surface area contributed by atoms with E-state index >= 15 is 0 Å². The summed E-state index contributed by atoms with van der Waals surface area (Å²) >= 11 is 5.81. The summed E-state index contributed by atoms with van der Waals surface area (Å²) < 4.78 is 5.48. The van der Waals surface area contributed by atoms with Crippen LogP contribution < -0.4 is 10.1 Å². The lowest BCUT2D eigenvalue weighted by Gasteiger charge is -2.14. The molecule has 0 aliphatic carbocycles. The smallest absolute Gasteiger partial charge is 0.260 e. The van der Waals surface area contributed by atoms with Gasteiger partial charge in [-0.3, -0.25) is 4.79 Å². The van der Waals surface area contributed by atoms with Gasteiger partial charge in [0.15, 0.2) is 6.10 Å². The van der Waals surface area contributed by atoms with Gasteiger partial charge >= 0.3 is 0 Å². The Kier molecular flexibility index (Phi) is 3.97. The normalized spacial score (nSPS) is 12.0. The first-order valence-corrected chi connectivity index (χ1v) is 5.06. The molecular formula is C11H14ClNO2. The van der Waals surface area contributed by atoms with Gasteiger partial charge in [0.2, 0.25) is 0 Å². The number of amides is 1. The molecule has 3 nitrogen and oxygen atoms in total. The van der Waals surface area contributed by atoms with Crippen LogP contribution in [0.4, 0.5) is 0 Å². The standard InChI is InChI=1S/C11H14ClNO2/c1-7-6-9(12)4-5-10(7)15-8(2)11(14)13-3/h4-6,8H,1-3H3,(H,13,14). The zero-order valence-electron chi connectivity index (χ0n) is 9.00. The Morgan fingerprint density at radius 2 is 2.20 bits per heavy atom. The maximum absolute atomic E-state index is 11.2. The maximum Gasteiger partial charge on any atom is 0.260 e. The van der Waals surface area contributed by atoms with Crippen LogP contribution in [0.3, 0.4) is 0 Å². The Hall–Kier alpha value is -1.22. The molecule has 0 spiro atoms. The number of rotatable bonds is 3. The van der Waals surface area contributed by atoms with Crippen LogP contribution in [0.5, 0.6) is 5.75 Å². The summed E-state index contributed by atoms with van der Waals surface area (Å²) in [7, 11) is 1.58. The van der Waals surface area contributed by atoms with Crippen molar-refractivity contribution in [2.75, 3.05) is 7.05 Å². The number of hydrogen-bond donors (Lipinski definition) is 1. The van der Waals surface area contributed by atoms with E-state index in [1.807, 2.05) is 6.92 Å². The lowest BCUT2D eigenvalue weighted by atomic mass is 10.2. The number of ether oxygens (including phenoxy) is 1. The first-order chi connectivity index (χ1) is 7.04. The molecule has 15 heavy (non-hydrogen) atoms. The Labute approximate surface area is 94.4 Å². The molecular weight excluding hydrogens is 214 g/mol. The monoisotopic (exact) mass is 227 g/mol. The van der Waals surface area contributed by atoms with Crippen LogP contribution in [0.25, 0.3) is 0 Å². The van der Waals surface area contributed by atoms with Gasteiger partial charge in [-0.1, -0.05) is 11.6 Å². The Balaban J connectivity index is 2.76. The van der Waals surface area contributed by atoms with Crippen LogP contribution in [0.1, 0.15) is 12.5 Å². The van der Waals surface area contributed by atoms with E-state index in [1.165, 1.54) is 0 Å². The number of carbonyl (C=O) groups excluding carboxylic acids is 1. The number of hydrogen-bond acceptors (Lipinski definition) is 2. The van der Waals surface area contributed by atoms with Crippen LogP contribution in [-0.4, -0.2) is 19.1 Å². The van der Waals surface area contributed by atoms with Crippen molar-refractivity contribution in [3.8, 4) is 5.75 Å². The third-order valence-electron chi connectivity index (χ3n) is 2.06. The van der Waals surface area contributed by atoms with Crippen LogP contribution >= 0.6 is 11.6 Å². The number of aryl methyl sites for hydroxylation is 1. The largest absolute Gasteiger partial charge is 0.481 e. The second-order valence-electron chi connectivity index (χ2n) is 3.28. The molecule has 1 atom stereocenters. The van der Waals surface area contributed by atoms with Crippen LogP contribution in [0, 0.1) is 6.92 Å². The van der Waals surface area contributed by atoms with E-state index in [0.717, 1.165) is 5.56 Å². The molecule has 0 radical (unpaired) electrons. The van der Waals surface area contributed by atoms with Crippen LogP contribution in [0.2, 0.25) is 5.02 Å². The fraction of sp³-hybridized carbons (Fsp3) is 0.364. The zero-order valence-corrected chi connectivity index (χ0v) is 9.76. The van der Waals surface area contributed by atoms with Crippen molar-refractivity contribution in [1.82, 2.24) is 5.32 Å². The van der Waals surface area contributed by atoms with E-state index in [2.05, 4.69) is 5.32 Å². The van der Waals surface area contributed by atoms with E-state index < -0.39 is 6.10 Å². The molecule has 1 aromatic rings. The Morgan fingerprint density at radius 3 is 2.73 bits per heavy atom. The third-order valence-corrected chi connectivity index (χ3v) is 2.29. The molecule has 0 saturated heterocycles. The van der Waals surface area contributed by atoms with Crippen molar-refractivity contribution in [3.63, 3.8) is 0 Å². The highest BCUT2D eigenvalue weighted by Crippen LogP contribution is 2.22. The Morgan fingerprint density at radius 1 is 1.53 bits per heavy atom. The fourth-order valence-corrected chi connectivity index (χ4v) is 1.42. The second kappa shape index (κ2) is 5.03. The summed E-state index contributed by atoms with van der Waals surface area (Å²) in [6.45, 7) is 3.59. The number of nitrogens with one attached hydrogen (secondary N) is 1. The predicted molar refractivity (Wildman–Crippen MR) is 60.3 cm³/mol. The van der Waals surface area contributed by atoms with Crippen molar-refractivity contribution in [1.29, 1.82) is 0 Å². The van der Waals surface area contributed by atoms with Gasteiger partial charge in [0, 0.05) is 12.1 Å². The molecule has 82 valence electrons. The average Bonchev–Trinajstić information content (AvgIpc) is 2.20. The van der Waals surface area contributed by atoms with E-state index in [0.29, 0.717) is 10.8 Å². The van der Waals surface area contributed by atoms with E-state index in [4.69, 9.17) is 16.3 Å². The lowest BCUT2D eigenvalue weighted by molar-refractivity contribution is -0.126. The molecule has 0 aliphatic heterocycles. The zero-order chi connectivity index (χ0) is 11.4. The van der Waals surface area contributed by atoms with Crippen molar-refractivity contribution in [3.05, 3.63) is 28.8 Å². The minimum atomic E-state index is -0.505. The molecule has 0 heterocycles. The minimum Gasteiger partial charge on any atom is -0.481 e. The fourth-order valence-electron chi connectivity index (χ4n) is 1.19. The summed E-state index contributed by atoms with van der Waals surface area (Å²) in [4.78, 5) is 11.2. The molecule has 1 rings (SSSR count). The first-order valence-electron chi connectivity index (χ1n) is 4.69. The summed E-state index contributed by atoms with van der Waals surface area (Å²) in [5, 5.41) is 3.19. The van der Waals surface area contributed by atoms with Crippen molar-refractivity contribution in [2.45, 2.75) is 20.0 Å². The Bertz CT molecular complexity index is 366. The van der Waals surface area contributed by atoms with E-state index in [9.17, 15) is 4.79 Å². The van der Waals surface area contributed by atoms with Gasteiger partial charge in [-0.05, 0) is 37.6 Å². The summed E-state index contributed by atoms with van der Waals surface area (Å²) in [5.41, 5.74) is 0.915. The topological polar surface area (TPSA) is 38.3 Å². The van der Waals surface area contributed by atoms with Crippen LogP contribution in [-0.2, 0) is 4.79 Å². The summed E-state index contributed by atoms with van der Waals surface area (Å²) in [5.74, 6) is 0.528. The van der Waals surface area contributed by atoms with Gasteiger partial charge < -0.3 is 10.1 Å². The summed E-state index contributed by atoms with van der Waals surface area (Å²) in [6.07, 6.45) is -0.505. The van der Waals surface area contributed by atoms with Gasteiger partial charge in [-0.25, -0.2) is 0 Å². The number of carbonyl (C=O) groups is 1. The highest BCUT2D eigenvalue weighted by atomic mass is 35.5. The quantitative estimate of drug-likeness (QED) is 0.860.